The molecule has 18 heavy (non-hydrogen) atoms. The standard InChI is InChI=1S/C14H22N2OS/c1-4-16-13(17)9-18-14(11(3)15)12-7-5-6-10(2)8-12/h5-8,11,14H,4,9,15H2,1-3H3,(H,16,17). The highest BCUT2D eigenvalue weighted by Gasteiger charge is 2.18. The smallest absolute Gasteiger partial charge is 0.230 e. The lowest BCUT2D eigenvalue weighted by molar-refractivity contribution is -0.118. The van der Waals surface area contributed by atoms with Gasteiger partial charge in [-0.2, -0.15) is 0 Å². The number of rotatable bonds is 6. The van der Waals surface area contributed by atoms with Crippen LogP contribution in [-0.2, 0) is 4.79 Å². The molecular formula is C14H22N2OS. The Kier molecular flexibility index (Phi) is 6.22. The van der Waals surface area contributed by atoms with E-state index in [1.807, 2.05) is 19.9 Å². The minimum absolute atomic E-state index is 0.0197. The van der Waals surface area contributed by atoms with E-state index >= 15 is 0 Å². The fourth-order valence-electron chi connectivity index (χ4n) is 1.81. The van der Waals surface area contributed by atoms with Gasteiger partial charge in [-0.1, -0.05) is 29.8 Å². The van der Waals surface area contributed by atoms with Crippen molar-refractivity contribution in [3.8, 4) is 0 Å². The molecule has 1 rings (SSSR count). The molecule has 0 aliphatic rings. The highest BCUT2D eigenvalue weighted by Crippen LogP contribution is 2.31. The van der Waals surface area contributed by atoms with Gasteiger partial charge in [0.2, 0.25) is 5.91 Å². The zero-order chi connectivity index (χ0) is 13.5. The Labute approximate surface area is 114 Å². The predicted molar refractivity (Wildman–Crippen MR) is 78.7 cm³/mol. The molecule has 4 heteroatoms. The zero-order valence-corrected chi connectivity index (χ0v) is 12.1. The number of amides is 1. The minimum Gasteiger partial charge on any atom is -0.356 e. The maximum atomic E-state index is 11.5. The number of benzene rings is 1. The summed E-state index contributed by atoms with van der Waals surface area (Å²) in [6, 6.07) is 8.33. The largest absolute Gasteiger partial charge is 0.356 e. The van der Waals surface area contributed by atoms with Crippen molar-refractivity contribution < 1.29 is 4.79 Å². The Bertz CT molecular complexity index is 393. The topological polar surface area (TPSA) is 55.1 Å². The third-order valence-electron chi connectivity index (χ3n) is 2.62. The van der Waals surface area contributed by atoms with Gasteiger partial charge < -0.3 is 11.1 Å². The first-order valence-corrected chi connectivity index (χ1v) is 7.30. The van der Waals surface area contributed by atoms with Crippen molar-refractivity contribution >= 4 is 17.7 Å². The van der Waals surface area contributed by atoms with Crippen LogP contribution in [-0.4, -0.2) is 24.2 Å². The molecule has 0 aliphatic carbocycles. The number of nitrogens with one attached hydrogen (secondary N) is 1. The fraction of sp³-hybridized carbons (Fsp3) is 0.500. The Morgan fingerprint density at radius 3 is 2.78 bits per heavy atom. The van der Waals surface area contributed by atoms with Crippen LogP contribution in [0.5, 0.6) is 0 Å². The van der Waals surface area contributed by atoms with E-state index in [2.05, 4.69) is 30.4 Å². The van der Waals surface area contributed by atoms with Crippen LogP contribution in [0.4, 0.5) is 0 Å². The summed E-state index contributed by atoms with van der Waals surface area (Å²) in [7, 11) is 0. The SMILES string of the molecule is CCNC(=O)CSC(c1cccc(C)c1)C(C)N. The first-order valence-electron chi connectivity index (χ1n) is 6.25. The lowest BCUT2D eigenvalue weighted by Crippen LogP contribution is -2.28. The summed E-state index contributed by atoms with van der Waals surface area (Å²) >= 11 is 1.60. The second-order valence-corrected chi connectivity index (χ2v) is 5.59. The van der Waals surface area contributed by atoms with Crippen molar-refractivity contribution in [3.05, 3.63) is 35.4 Å². The molecule has 3 N–H and O–H groups in total. The zero-order valence-electron chi connectivity index (χ0n) is 11.3. The van der Waals surface area contributed by atoms with E-state index in [1.165, 1.54) is 11.1 Å². The van der Waals surface area contributed by atoms with Crippen molar-refractivity contribution in [2.24, 2.45) is 5.73 Å². The summed E-state index contributed by atoms with van der Waals surface area (Å²) in [5, 5.41) is 2.96. The average Bonchev–Trinajstić information content (AvgIpc) is 2.29. The van der Waals surface area contributed by atoms with E-state index in [4.69, 9.17) is 5.73 Å². The molecule has 0 radical (unpaired) electrons. The third kappa shape index (κ3) is 4.70. The molecule has 0 saturated carbocycles. The monoisotopic (exact) mass is 266 g/mol. The van der Waals surface area contributed by atoms with E-state index in [0.717, 1.165) is 0 Å². The number of nitrogens with two attached hydrogens (primary N) is 1. The molecule has 3 nitrogen and oxygen atoms in total. The molecule has 2 atom stereocenters. The normalized spacial score (nSPS) is 14.0. The summed E-state index contributed by atoms with van der Waals surface area (Å²) < 4.78 is 0. The Hall–Kier alpha value is -1.00. The van der Waals surface area contributed by atoms with Crippen LogP contribution in [0.2, 0.25) is 0 Å². The van der Waals surface area contributed by atoms with Gasteiger partial charge in [0.1, 0.15) is 0 Å². The summed E-state index contributed by atoms with van der Waals surface area (Å²) in [5.41, 5.74) is 8.44. The maximum Gasteiger partial charge on any atom is 0.230 e. The predicted octanol–water partition coefficient (Wildman–Crippen LogP) is 2.25. The molecule has 1 aromatic carbocycles. The lowest BCUT2D eigenvalue weighted by atomic mass is 10.0. The van der Waals surface area contributed by atoms with E-state index in [-0.39, 0.29) is 17.2 Å². The summed E-state index contributed by atoms with van der Waals surface area (Å²) in [5.74, 6) is 0.523. The Morgan fingerprint density at radius 2 is 2.22 bits per heavy atom. The molecule has 100 valence electrons. The molecular weight excluding hydrogens is 244 g/mol. The van der Waals surface area contributed by atoms with Gasteiger partial charge in [0.15, 0.2) is 0 Å². The summed E-state index contributed by atoms with van der Waals surface area (Å²) in [4.78, 5) is 11.5. The number of aryl methyl sites for hydroxylation is 1. The maximum absolute atomic E-state index is 11.5. The molecule has 0 heterocycles. The van der Waals surface area contributed by atoms with Crippen LogP contribution in [0.15, 0.2) is 24.3 Å². The molecule has 2 unspecified atom stereocenters. The van der Waals surface area contributed by atoms with Gasteiger partial charge in [-0.3, -0.25) is 4.79 Å². The van der Waals surface area contributed by atoms with Gasteiger partial charge >= 0.3 is 0 Å². The van der Waals surface area contributed by atoms with Crippen LogP contribution in [0.3, 0.4) is 0 Å². The van der Waals surface area contributed by atoms with Gasteiger partial charge in [-0.15, -0.1) is 11.8 Å². The van der Waals surface area contributed by atoms with E-state index in [0.29, 0.717) is 12.3 Å². The van der Waals surface area contributed by atoms with Gasteiger partial charge in [0, 0.05) is 17.8 Å². The van der Waals surface area contributed by atoms with Gasteiger partial charge in [0.05, 0.1) is 5.75 Å². The molecule has 0 bridgehead atoms. The van der Waals surface area contributed by atoms with Crippen LogP contribution < -0.4 is 11.1 Å². The van der Waals surface area contributed by atoms with Crippen molar-refractivity contribution in [1.29, 1.82) is 0 Å². The van der Waals surface area contributed by atoms with Crippen molar-refractivity contribution in [2.45, 2.75) is 32.1 Å². The molecule has 1 amide bonds. The number of hydrogen-bond acceptors (Lipinski definition) is 3. The minimum atomic E-state index is 0.0197. The summed E-state index contributed by atoms with van der Waals surface area (Å²) in [6.07, 6.45) is 0. The second kappa shape index (κ2) is 7.44. The molecule has 1 aromatic rings. The highest BCUT2D eigenvalue weighted by atomic mass is 32.2. The molecule has 0 aliphatic heterocycles. The van der Waals surface area contributed by atoms with Crippen LogP contribution in [0, 0.1) is 6.92 Å². The first-order chi connectivity index (χ1) is 8.54. The average molecular weight is 266 g/mol. The van der Waals surface area contributed by atoms with Crippen LogP contribution >= 0.6 is 11.8 Å². The quantitative estimate of drug-likeness (QED) is 0.830. The van der Waals surface area contributed by atoms with Crippen LogP contribution in [0.25, 0.3) is 0 Å². The number of thioether (sulfide) groups is 1. The van der Waals surface area contributed by atoms with E-state index < -0.39 is 0 Å². The number of carbonyl (C=O) groups is 1. The Morgan fingerprint density at radius 1 is 1.50 bits per heavy atom. The van der Waals surface area contributed by atoms with Crippen LogP contribution in [0.1, 0.15) is 30.2 Å². The third-order valence-corrected chi connectivity index (χ3v) is 4.11. The number of hydrogen-bond donors (Lipinski definition) is 2. The molecule has 0 spiro atoms. The van der Waals surface area contributed by atoms with Crippen molar-refractivity contribution in [1.82, 2.24) is 5.32 Å². The van der Waals surface area contributed by atoms with E-state index in [1.54, 1.807) is 11.8 Å². The lowest BCUT2D eigenvalue weighted by Gasteiger charge is -2.21. The van der Waals surface area contributed by atoms with Crippen molar-refractivity contribution in [3.63, 3.8) is 0 Å². The van der Waals surface area contributed by atoms with Crippen molar-refractivity contribution in [2.75, 3.05) is 12.3 Å². The van der Waals surface area contributed by atoms with E-state index in [9.17, 15) is 4.79 Å². The Balaban J connectivity index is 2.69. The summed E-state index contributed by atoms with van der Waals surface area (Å²) in [6.45, 7) is 6.65. The molecule has 0 aromatic heterocycles. The van der Waals surface area contributed by atoms with Gasteiger partial charge in [0.25, 0.3) is 0 Å². The molecule has 0 fully saturated rings. The highest BCUT2D eigenvalue weighted by molar-refractivity contribution is 8.00. The van der Waals surface area contributed by atoms with Gasteiger partial charge in [-0.05, 0) is 26.3 Å². The second-order valence-electron chi connectivity index (χ2n) is 4.46. The van der Waals surface area contributed by atoms with Gasteiger partial charge in [-0.25, -0.2) is 0 Å². The molecule has 0 saturated heterocycles. The number of carbonyl (C=O) groups excluding carboxylic acids is 1. The fourth-order valence-corrected chi connectivity index (χ4v) is 2.89. The first kappa shape index (κ1) is 15.1.